The molecule has 0 bridgehead atoms. The number of hydrogen-bond donors (Lipinski definition) is 3. The summed E-state index contributed by atoms with van der Waals surface area (Å²) in [5, 5.41) is 17.3. The number of morpholine rings is 1. The number of thiocarbonyl (C=S) groups is 1. The maximum absolute atomic E-state index is 10.6. The van der Waals surface area contributed by atoms with Crippen molar-refractivity contribution in [2.75, 3.05) is 38.1 Å². The van der Waals surface area contributed by atoms with Gasteiger partial charge in [0, 0.05) is 30.3 Å². The SMILES string of the molecule is CC(C)C[NH+]1CCO[C@@H](CNC(=S)Nc2ccc([N+](=O)[O-])cc2)C1. The summed E-state index contributed by atoms with van der Waals surface area (Å²) >= 11 is 5.27. The second-order valence-electron chi connectivity index (χ2n) is 6.43. The van der Waals surface area contributed by atoms with E-state index in [2.05, 4.69) is 24.5 Å². The number of nitro groups is 1. The van der Waals surface area contributed by atoms with Crippen molar-refractivity contribution in [1.29, 1.82) is 0 Å². The van der Waals surface area contributed by atoms with Gasteiger partial charge in [0.25, 0.3) is 5.69 Å². The summed E-state index contributed by atoms with van der Waals surface area (Å²) in [4.78, 5) is 11.8. The molecule has 1 heterocycles. The fraction of sp³-hybridized carbons (Fsp3) is 0.562. The molecule has 132 valence electrons. The third-order valence-electron chi connectivity index (χ3n) is 3.85. The topological polar surface area (TPSA) is 80.9 Å². The third kappa shape index (κ3) is 6.03. The van der Waals surface area contributed by atoms with Crippen molar-refractivity contribution in [3.63, 3.8) is 0 Å². The molecule has 1 aliphatic heterocycles. The van der Waals surface area contributed by atoms with Crippen molar-refractivity contribution in [2.24, 2.45) is 5.92 Å². The first-order chi connectivity index (χ1) is 11.4. The molecular formula is C16H25N4O3S+. The Kier molecular flexibility index (Phi) is 6.89. The van der Waals surface area contributed by atoms with E-state index >= 15 is 0 Å². The van der Waals surface area contributed by atoms with Crippen molar-refractivity contribution in [3.05, 3.63) is 34.4 Å². The van der Waals surface area contributed by atoms with Crippen LogP contribution >= 0.6 is 12.2 Å². The highest BCUT2D eigenvalue weighted by Gasteiger charge is 2.24. The summed E-state index contributed by atoms with van der Waals surface area (Å²) in [5.74, 6) is 0.677. The fourth-order valence-corrected chi connectivity index (χ4v) is 3.00. The maximum Gasteiger partial charge on any atom is 0.269 e. The average molecular weight is 353 g/mol. The Morgan fingerprint density at radius 3 is 2.79 bits per heavy atom. The van der Waals surface area contributed by atoms with Crippen LogP contribution in [-0.4, -0.2) is 48.9 Å². The molecular weight excluding hydrogens is 328 g/mol. The van der Waals surface area contributed by atoms with Crippen LogP contribution in [0.2, 0.25) is 0 Å². The minimum Gasteiger partial charge on any atom is -0.365 e. The highest BCUT2D eigenvalue weighted by molar-refractivity contribution is 7.80. The van der Waals surface area contributed by atoms with Crippen LogP contribution in [0.5, 0.6) is 0 Å². The molecule has 0 amide bonds. The molecule has 7 nitrogen and oxygen atoms in total. The predicted molar refractivity (Wildman–Crippen MR) is 97.5 cm³/mol. The van der Waals surface area contributed by atoms with E-state index in [4.69, 9.17) is 17.0 Å². The van der Waals surface area contributed by atoms with Crippen LogP contribution in [0.1, 0.15) is 13.8 Å². The quantitative estimate of drug-likeness (QED) is 0.399. The lowest BCUT2D eigenvalue weighted by atomic mass is 10.2. The molecule has 1 fully saturated rings. The standard InChI is InChI=1S/C16H24N4O3S/c1-12(2)10-19-7-8-23-15(11-19)9-17-16(24)18-13-3-5-14(6-4-13)20(21)22/h3-6,12,15H,7-11H2,1-2H3,(H2,17,18,24)/p+1/t15-/m0/s1. The van der Waals surface area contributed by atoms with Gasteiger partial charge in [-0.3, -0.25) is 10.1 Å². The first-order valence-corrected chi connectivity index (χ1v) is 8.59. The number of ether oxygens (including phenoxy) is 1. The molecule has 24 heavy (non-hydrogen) atoms. The van der Waals surface area contributed by atoms with E-state index in [0.717, 1.165) is 31.9 Å². The summed E-state index contributed by atoms with van der Waals surface area (Å²) in [6.07, 6.45) is 0.143. The molecule has 1 saturated heterocycles. The lowest BCUT2D eigenvalue weighted by Gasteiger charge is -2.31. The fourth-order valence-electron chi connectivity index (χ4n) is 2.80. The zero-order valence-electron chi connectivity index (χ0n) is 14.1. The van der Waals surface area contributed by atoms with E-state index < -0.39 is 4.92 Å². The molecule has 2 atom stereocenters. The Hall–Kier alpha value is -1.77. The van der Waals surface area contributed by atoms with Gasteiger partial charge in [0.05, 0.1) is 18.1 Å². The van der Waals surface area contributed by atoms with Crippen molar-refractivity contribution < 1.29 is 14.6 Å². The number of hydrogen-bond acceptors (Lipinski definition) is 4. The maximum atomic E-state index is 10.6. The normalized spacial score (nSPS) is 20.6. The van der Waals surface area contributed by atoms with E-state index in [1.54, 1.807) is 17.0 Å². The largest absolute Gasteiger partial charge is 0.365 e. The summed E-state index contributed by atoms with van der Waals surface area (Å²) in [6, 6.07) is 6.17. The van der Waals surface area contributed by atoms with Crippen LogP contribution in [0.25, 0.3) is 0 Å². The summed E-state index contributed by atoms with van der Waals surface area (Å²) in [6.45, 7) is 9.09. The Balaban J connectivity index is 1.75. The van der Waals surface area contributed by atoms with Crippen LogP contribution < -0.4 is 15.5 Å². The molecule has 0 aromatic heterocycles. The zero-order valence-corrected chi connectivity index (χ0v) is 14.9. The van der Waals surface area contributed by atoms with Crippen molar-refractivity contribution in [1.82, 2.24) is 5.32 Å². The number of anilines is 1. The molecule has 0 saturated carbocycles. The van der Waals surface area contributed by atoms with Crippen LogP contribution in [-0.2, 0) is 4.74 Å². The van der Waals surface area contributed by atoms with Crippen LogP contribution in [0.4, 0.5) is 11.4 Å². The van der Waals surface area contributed by atoms with Gasteiger partial charge in [-0.2, -0.15) is 0 Å². The lowest BCUT2D eigenvalue weighted by Crippen LogP contribution is -3.15. The molecule has 1 aliphatic rings. The monoisotopic (exact) mass is 353 g/mol. The van der Waals surface area contributed by atoms with Crippen LogP contribution in [0, 0.1) is 16.0 Å². The second-order valence-corrected chi connectivity index (χ2v) is 6.84. The van der Waals surface area contributed by atoms with E-state index in [0.29, 0.717) is 17.6 Å². The van der Waals surface area contributed by atoms with Gasteiger partial charge in [-0.25, -0.2) is 0 Å². The highest BCUT2D eigenvalue weighted by Crippen LogP contribution is 2.15. The molecule has 1 aromatic rings. The first kappa shape index (κ1) is 18.6. The Bertz CT molecular complexity index is 565. The smallest absolute Gasteiger partial charge is 0.269 e. The van der Waals surface area contributed by atoms with Gasteiger partial charge < -0.3 is 20.3 Å². The van der Waals surface area contributed by atoms with Crippen molar-refractivity contribution in [3.8, 4) is 0 Å². The van der Waals surface area contributed by atoms with Gasteiger partial charge in [0.2, 0.25) is 0 Å². The molecule has 1 aromatic carbocycles. The number of benzene rings is 1. The number of nitro benzene ring substituents is 1. The Morgan fingerprint density at radius 1 is 1.46 bits per heavy atom. The average Bonchev–Trinajstić information content (AvgIpc) is 2.53. The summed E-state index contributed by atoms with van der Waals surface area (Å²) in [7, 11) is 0. The van der Waals surface area contributed by atoms with Crippen molar-refractivity contribution >= 4 is 28.7 Å². The molecule has 0 radical (unpaired) electrons. The predicted octanol–water partition coefficient (Wildman–Crippen LogP) is 0.821. The number of rotatable bonds is 6. The van der Waals surface area contributed by atoms with E-state index in [9.17, 15) is 10.1 Å². The zero-order chi connectivity index (χ0) is 17.5. The molecule has 0 spiro atoms. The van der Waals surface area contributed by atoms with Gasteiger partial charge >= 0.3 is 0 Å². The molecule has 8 heteroatoms. The molecule has 2 rings (SSSR count). The first-order valence-electron chi connectivity index (χ1n) is 8.18. The molecule has 0 aliphatic carbocycles. The molecule has 1 unspecified atom stereocenters. The van der Waals surface area contributed by atoms with Crippen LogP contribution in [0.15, 0.2) is 24.3 Å². The van der Waals surface area contributed by atoms with E-state index in [1.165, 1.54) is 12.1 Å². The van der Waals surface area contributed by atoms with Gasteiger partial charge in [0.1, 0.15) is 19.2 Å². The minimum atomic E-state index is -0.425. The van der Waals surface area contributed by atoms with Gasteiger partial charge in [-0.15, -0.1) is 0 Å². The van der Waals surface area contributed by atoms with E-state index in [1.807, 2.05) is 0 Å². The number of non-ortho nitro benzene ring substituents is 1. The molecule has 3 N–H and O–H groups in total. The van der Waals surface area contributed by atoms with Crippen LogP contribution in [0.3, 0.4) is 0 Å². The second kappa shape index (κ2) is 8.91. The van der Waals surface area contributed by atoms with Gasteiger partial charge in [0.15, 0.2) is 5.11 Å². The summed E-state index contributed by atoms with van der Waals surface area (Å²) in [5.41, 5.74) is 0.776. The number of nitrogens with zero attached hydrogens (tertiary/aromatic N) is 1. The highest BCUT2D eigenvalue weighted by atomic mass is 32.1. The Labute approximate surface area is 147 Å². The Morgan fingerprint density at radius 2 is 2.17 bits per heavy atom. The number of nitrogens with one attached hydrogen (secondary N) is 3. The van der Waals surface area contributed by atoms with Gasteiger partial charge in [-0.1, -0.05) is 13.8 Å². The van der Waals surface area contributed by atoms with Crippen molar-refractivity contribution in [2.45, 2.75) is 20.0 Å². The third-order valence-corrected chi connectivity index (χ3v) is 4.10. The van der Waals surface area contributed by atoms with E-state index in [-0.39, 0.29) is 11.8 Å². The van der Waals surface area contributed by atoms with Gasteiger partial charge in [-0.05, 0) is 24.4 Å². The number of quaternary nitrogens is 1. The lowest BCUT2D eigenvalue weighted by molar-refractivity contribution is -0.914. The summed E-state index contributed by atoms with van der Waals surface area (Å²) < 4.78 is 5.79. The minimum absolute atomic E-state index is 0.0586.